The lowest BCUT2D eigenvalue weighted by Gasteiger charge is -2.06. The fraction of sp³-hybridized carbons (Fsp3) is 0.222. The topological polar surface area (TPSA) is 79.2 Å². The molecule has 5 nitrogen and oxygen atoms in total. The number of anilines is 1. The molecule has 0 saturated carbocycles. The molecule has 0 radical (unpaired) electrons. The van der Waals surface area contributed by atoms with Gasteiger partial charge in [0.2, 0.25) is 0 Å². The standard InChI is InChI=1S/C9H14N4O/c1-11-13-9(14)12-6-7-3-2-4-8(10)5-7/h2-5,11H,6,10H2,1H3,(H2,12,13,14). The lowest BCUT2D eigenvalue weighted by atomic mass is 10.2. The number of hydrogen-bond donors (Lipinski definition) is 4. The molecule has 0 aliphatic heterocycles. The molecular weight excluding hydrogens is 180 g/mol. The predicted octanol–water partition coefficient (Wildman–Crippen LogP) is 0.202. The minimum atomic E-state index is -0.269. The van der Waals surface area contributed by atoms with E-state index in [4.69, 9.17) is 5.73 Å². The highest BCUT2D eigenvalue weighted by molar-refractivity contribution is 5.73. The minimum absolute atomic E-state index is 0.269. The van der Waals surface area contributed by atoms with Crippen LogP contribution in [-0.4, -0.2) is 13.1 Å². The SMILES string of the molecule is CNNC(=O)NCc1cccc(N)c1. The number of carbonyl (C=O) groups is 1. The van der Waals surface area contributed by atoms with Crippen molar-refractivity contribution in [1.82, 2.24) is 16.2 Å². The quantitative estimate of drug-likeness (QED) is 0.410. The predicted molar refractivity (Wildman–Crippen MR) is 55.3 cm³/mol. The smallest absolute Gasteiger partial charge is 0.329 e. The van der Waals surface area contributed by atoms with Gasteiger partial charge in [0.15, 0.2) is 0 Å². The number of carbonyl (C=O) groups excluding carboxylic acids is 1. The number of nitrogens with one attached hydrogen (secondary N) is 3. The van der Waals surface area contributed by atoms with Crippen LogP contribution in [0.2, 0.25) is 0 Å². The van der Waals surface area contributed by atoms with Crippen molar-refractivity contribution in [1.29, 1.82) is 0 Å². The van der Waals surface area contributed by atoms with E-state index in [-0.39, 0.29) is 6.03 Å². The van der Waals surface area contributed by atoms with E-state index in [2.05, 4.69) is 16.2 Å². The maximum Gasteiger partial charge on any atom is 0.329 e. The Balaban J connectivity index is 2.41. The van der Waals surface area contributed by atoms with Crippen LogP contribution in [0.15, 0.2) is 24.3 Å². The number of hydrazine groups is 1. The van der Waals surface area contributed by atoms with Crippen LogP contribution in [0.1, 0.15) is 5.56 Å². The van der Waals surface area contributed by atoms with Gasteiger partial charge < -0.3 is 11.1 Å². The van der Waals surface area contributed by atoms with Crippen molar-refractivity contribution in [3.8, 4) is 0 Å². The Morgan fingerprint density at radius 2 is 2.29 bits per heavy atom. The Morgan fingerprint density at radius 1 is 1.50 bits per heavy atom. The molecule has 5 N–H and O–H groups in total. The second-order valence-electron chi connectivity index (χ2n) is 2.80. The van der Waals surface area contributed by atoms with Gasteiger partial charge >= 0.3 is 6.03 Å². The summed E-state index contributed by atoms with van der Waals surface area (Å²) in [6.45, 7) is 0.457. The zero-order valence-electron chi connectivity index (χ0n) is 8.00. The lowest BCUT2D eigenvalue weighted by Crippen LogP contribution is -2.41. The van der Waals surface area contributed by atoms with Crippen LogP contribution in [0, 0.1) is 0 Å². The average Bonchev–Trinajstić information content (AvgIpc) is 2.15. The van der Waals surface area contributed by atoms with Crippen LogP contribution in [0.5, 0.6) is 0 Å². The van der Waals surface area contributed by atoms with Crippen LogP contribution in [0.3, 0.4) is 0 Å². The lowest BCUT2D eigenvalue weighted by molar-refractivity contribution is 0.237. The monoisotopic (exact) mass is 194 g/mol. The van der Waals surface area contributed by atoms with Gasteiger partial charge in [-0.05, 0) is 17.7 Å². The van der Waals surface area contributed by atoms with E-state index in [1.807, 2.05) is 18.2 Å². The molecule has 0 atom stereocenters. The number of urea groups is 1. The van der Waals surface area contributed by atoms with Crippen molar-refractivity contribution in [2.24, 2.45) is 0 Å². The van der Waals surface area contributed by atoms with E-state index in [9.17, 15) is 4.79 Å². The molecule has 14 heavy (non-hydrogen) atoms. The van der Waals surface area contributed by atoms with Gasteiger partial charge in [-0.2, -0.15) is 0 Å². The Hall–Kier alpha value is -1.75. The second kappa shape index (κ2) is 5.08. The molecule has 5 heteroatoms. The Labute approximate surface area is 82.6 Å². The summed E-state index contributed by atoms with van der Waals surface area (Å²) >= 11 is 0. The molecule has 76 valence electrons. The summed E-state index contributed by atoms with van der Waals surface area (Å²) in [5, 5.41) is 2.66. The van der Waals surface area contributed by atoms with E-state index >= 15 is 0 Å². The third-order valence-electron chi connectivity index (χ3n) is 1.64. The first kappa shape index (κ1) is 10.3. The molecule has 2 amide bonds. The Kier molecular flexibility index (Phi) is 3.75. The van der Waals surface area contributed by atoms with Crippen molar-refractivity contribution in [2.75, 3.05) is 12.8 Å². The molecule has 1 aromatic rings. The minimum Gasteiger partial charge on any atom is -0.399 e. The van der Waals surface area contributed by atoms with Gasteiger partial charge in [-0.3, -0.25) is 5.43 Å². The molecule has 0 unspecified atom stereocenters. The fourth-order valence-corrected chi connectivity index (χ4v) is 1.04. The van der Waals surface area contributed by atoms with E-state index in [1.165, 1.54) is 0 Å². The summed E-state index contributed by atoms with van der Waals surface area (Å²) in [6.07, 6.45) is 0. The van der Waals surface area contributed by atoms with Gasteiger partial charge in [-0.25, -0.2) is 10.2 Å². The third-order valence-corrected chi connectivity index (χ3v) is 1.64. The maximum atomic E-state index is 11.0. The van der Waals surface area contributed by atoms with E-state index in [0.29, 0.717) is 12.2 Å². The van der Waals surface area contributed by atoms with Gasteiger partial charge in [-0.15, -0.1) is 0 Å². The van der Waals surface area contributed by atoms with Crippen LogP contribution in [0.4, 0.5) is 10.5 Å². The first-order chi connectivity index (χ1) is 6.72. The number of hydrogen-bond acceptors (Lipinski definition) is 3. The summed E-state index contributed by atoms with van der Waals surface area (Å²) in [6, 6.07) is 7.10. The molecule has 0 spiro atoms. The van der Waals surface area contributed by atoms with Crippen LogP contribution >= 0.6 is 0 Å². The highest BCUT2D eigenvalue weighted by atomic mass is 16.2. The summed E-state index contributed by atoms with van der Waals surface area (Å²) < 4.78 is 0. The van der Waals surface area contributed by atoms with Crippen LogP contribution in [-0.2, 0) is 6.54 Å². The van der Waals surface area contributed by atoms with E-state index < -0.39 is 0 Å². The fourth-order valence-electron chi connectivity index (χ4n) is 1.04. The van der Waals surface area contributed by atoms with Crippen molar-refractivity contribution in [2.45, 2.75) is 6.54 Å². The molecule has 1 aromatic carbocycles. The van der Waals surface area contributed by atoms with Crippen molar-refractivity contribution < 1.29 is 4.79 Å². The summed E-state index contributed by atoms with van der Waals surface area (Å²) in [4.78, 5) is 11.0. The number of nitrogens with two attached hydrogens (primary N) is 1. The molecule has 0 aliphatic rings. The van der Waals surface area contributed by atoms with E-state index in [1.54, 1.807) is 13.1 Å². The van der Waals surface area contributed by atoms with Gasteiger partial charge in [0, 0.05) is 19.3 Å². The molecule has 0 saturated heterocycles. The second-order valence-corrected chi connectivity index (χ2v) is 2.80. The van der Waals surface area contributed by atoms with Crippen molar-refractivity contribution in [3.63, 3.8) is 0 Å². The Morgan fingerprint density at radius 3 is 2.93 bits per heavy atom. The van der Waals surface area contributed by atoms with Gasteiger partial charge in [-0.1, -0.05) is 12.1 Å². The number of amides is 2. The summed E-state index contributed by atoms with van der Waals surface area (Å²) in [5.41, 5.74) is 12.2. The first-order valence-electron chi connectivity index (χ1n) is 4.27. The van der Waals surface area contributed by atoms with Gasteiger partial charge in [0.1, 0.15) is 0 Å². The van der Waals surface area contributed by atoms with Crippen LogP contribution in [0.25, 0.3) is 0 Å². The zero-order valence-corrected chi connectivity index (χ0v) is 8.00. The van der Waals surface area contributed by atoms with Gasteiger partial charge in [0.05, 0.1) is 0 Å². The normalized spacial score (nSPS) is 9.50. The van der Waals surface area contributed by atoms with E-state index in [0.717, 1.165) is 5.56 Å². The largest absolute Gasteiger partial charge is 0.399 e. The first-order valence-corrected chi connectivity index (χ1v) is 4.27. The van der Waals surface area contributed by atoms with Gasteiger partial charge in [0.25, 0.3) is 0 Å². The molecule has 0 bridgehead atoms. The number of rotatable bonds is 3. The molecule has 0 heterocycles. The average molecular weight is 194 g/mol. The molecule has 0 fully saturated rings. The molecular formula is C9H14N4O. The number of nitrogen functional groups attached to an aromatic ring is 1. The van der Waals surface area contributed by atoms with Crippen molar-refractivity contribution in [3.05, 3.63) is 29.8 Å². The Bertz CT molecular complexity index is 313. The highest BCUT2D eigenvalue weighted by Gasteiger charge is 1.97. The third kappa shape index (κ3) is 3.32. The molecule has 0 aromatic heterocycles. The highest BCUT2D eigenvalue weighted by Crippen LogP contribution is 2.05. The molecule has 0 aliphatic carbocycles. The van der Waals surface area contributed by atoms with Crippen LogP contribution < -0.4 is 21.9 Å². The molecule has 1 rings (SSSR count). The maximum absolute atomic E-state index is 11.0. The summed E-state index contributed by atoms with van der Waals surface area (Å²) in [7, 11) is 1.63. The van der Waals surface area contributed by atoms with Crippen molar-refractivity contribution >= 4 is 11.7 Å². The summed E-state index contributed by atoms with van der Waals surface area (Å²) in [5.74, 6) is 0. The zero-order chi connectivity index (χ0) is 10.4. The number of benzene rings is 1.